The van der Waals surface area contributed by atoms with Crippen molar-refractivity contribution in [3.05, 3.63) is 16.4 Å². The third-order valence-corrected chi connectivity index (χ3v) is 3.21. The molecule has 1 rings (SSSR count). The van der Waals surface area contributed by atoms with Gasteiger partial charge in [0.05, 0.1) is 11.6 Å². The number of unbranched alkanes of at least 4 members (excludes halogenated alkanes) is 1. The molecule has 1 aromatic heterocycles. The first kappa shape index (κ1) is 13.9. The number of hydrogen-bond donors (Lipinski definition) is 0. The maximum atomic E-state index is 6.26. The van der Waals surface area contributed by atoms with Crippen LogP contribution in [0, 0.1) is 5.92 Å². The third kappa shape index (κ3) is 3.39. The van der Waals surface area contributed by atoms with E-state index in [2.05, 4.69) is 25.9 Å². The van der Waals surface area contributed by atoms with Crippen molar-refractivity contribution in [1.82, 2.24) is 9.78 Å². The molecule has 92 valence electrons. The van der Waals surface area contributed by atoms with Gasteiger partial charge in [-0.05, 0) is 18.8 Å². The minimum absolute atomic E-state index is 0.451. The highest BCUT2D eigenvalue weighted by atomic mass is 35.5. The van der Waals surface area contributed by atoms with Gasteiger partial charge in [-0.1, -0.05) is 38.8 Å². The fourth-order valence-corrected chi connectivity index (χ4v) is 2.31. The molecule has 4 heteroatoms. The summed E-state index contributed by atoms with van der Waals surface area (Å²) in [6.45, 7) is 7.40. The first-order valence-electron chi connectivity index (χ1n) is 5.90. The SMILES string of the molecule is CCCCn1nc(CC(C)C)c(CCl)c1Cl. The van der Waals surface area contributed by atoms with E-state index < -0.39 is 0 Å². The molecule has 2 nitrogen and oxygen atoms in total. The van der Waals surface area contributed by atoms with Crippen molar-refractivity contribution in [2.24, 2.45) is 5.92 Å². The van der Waals surface area contributed by atoms with Gasteiger partial charge in [0.25, 0.3) is 0 Å². The molecular weight excluding hydrogens is 243 g/mol. The van der Waals surface area contributed by atoms with E-state index >= 15 is 0 Å². The average Bonchev–Trinajstić information content (AvgIpc) is 2.51. The molecule has 0 fully saturated rings. The molecule has 0 N–H and O–H groups in total. The van der Waals surface area contributed by atoms with Crippen LogP contribution in [0.4, 0.5) is 0 Å². The van der Waals surface area contributed by atoms with Crippen LogP contribution in [0.5, 0.6) is 0 Å². The van der Waals surface area contributed by atoms with Crippen molar-refractivity contribution in [1.29, 1.82) is 0 Å². The van der Waals surface area contributed by atoms with Crippen molar-refractivity contribution in [3.8, 4) is 0 Å². The Labute approximate surface area is 108 Å². The van der Waals surface area contributed by atoms with Crippen molar-refractivity contribution in [3.63, 3.8) is 0 Å². The van der Waals surface area contributed by atoms with E-state index in [-0.39, 0.29) is 0 Å². The molecule has 0 aliphatic carbocycles. The Balaban J connectivity index is 2.90. The van der Waals surface area contributed by atoms with Gasteiger partial charge in [0.15, 0.2) is 0 Å². The normalized spacial score (nSPS) is 11.4. The molecule has 1 heterocycles. The zero-order chi connectivity index (χ0) is 12.1. The van der Waals surface area contributed by atoms with Crippen molar-refractivity contribution in [2.75, 3.05) is 0 Å². The van der Waals surface area contributed by atoms with E-state index in [1.54, 1.807) is 0 Å². The fraction of sp³-hybridized carbons (Fsp3) is 0.750. The van der Waals surface area contributed by atoms with Crippen molar-refractivity contribution < 1.29 is 0 Å². The first-order valence-corrected chi connectivity index (χ1v) is 6.81. The van der Waals surface area contributed by atoms with Crippen LogP contribution in [0.25, 0.3) is 0 Å². The van der Waals surface area contributed by atoms with Gasteiger partial charge >= 0.3 is 0 Å². The van der Waals surface area contributed by atoms with Crippen molar-refractivity contribution >= 4 is 23.2 Å². The van der Waals surface area contributed by atoms with Crippen LogP contribution in [-0.4, -0.2) is 9.78 Å². The maximum Gasteiger partial charge on any atom is 0.131 e. The van der Waals surface area contributed by atoms with E-state index in [9.17, 15) is 0 Å². The predicted molar refractivity (Wildman–Crippen MR) is 70.2 cm³/mol. The van der Waals surface area contributed by atoms with Gasteiger partial charge in [0.2, 0.25) is 0 Å². The number of nitrogens with zero attached hydrogens (tertiary/aromatic N) is 2. The minimum atomic E-state index is 0.451. The molecule has 0 aliphatic rings. The van der Waals surface area contributed by atoms with Crippen LogP contribution in [0.2, 0.25) is 5.15 Å². The van der Waals surface area contributed by atoms with Gasteiger partial charge in [-0.2, -0.15) is 5.10 Å². The van der Waals surface area contributed by atoms with Gasteiger partial charge in [-0.25, -0.2) is 0 Å². The second-order valence-electron chi connectivity index (χ2n) is 4.52. The molecule has 0 amide bonds. The summed E-state index contributed by atoms with van der Waals surface area (Å²) in [6.07, 6.45) is 3.19. The highest BCUT2D eigenvalue weighted by molar-refractivity contribution is 6.31. The lowest BCUT2D eigenvalue weighted by Crippen LogP contribution is -2.02. The Bertz CT molecular complexity index is 332. The molecule has 0 bridgehead atoms. The number of alkyl halides is 1. The molecular formula is C12H20Cl2N2. The summed E-state index contributed by atoms with van der Waals surface area (Å²) in [5.74, 6) is 1.03. The van der Waals surface area contributed by atoms with Crippen LogP contribution in [-0.2, 0) is 18.8 Å². The topological polar surface area (TPSA) is 17.8 Å². The molecule has 1 aromatic rings. The van der Waals surface area contributed by atoms with E-state index in [0.29, 0.717) is 11.8 Å². The van der Waals surface area contributed by atoms with Crippen LogP contribution >= 0.6 is 23.2 Å². The Kier molecular flexibility index (Phi) is 5.63. The molecule has 0 aromatic carbocycles. The lowest BCUT2D eigenvalue weighted by Gasteiger charge is -2.02. The molecule has 16 heavy (non-hydrogen) atoms. The zero-order valence-corrected chi connectivity index (χ0v) is 11.8. The molecule has 0 aliphatic heterocycles. The van der Waals surface area contributed by atoms with E-state index in [1.165, 1.54) is 0 Å². The summed E-state index contributed by atoms with van der Waals surface area (Å²) in [5, 5.41) is 5.28. The van der Waals surface area contributed by atoms with Gasteiger partial charge in [-0.15, -0.1) is 11.6 Å². The second-order valence-corrected chi connectivity index (χ2v) is 5.15. The van der Waals surface area contributed by atoms with E-state index in [1.807, 2.05) is 4.68 Å². The highest BCUT2D eigenvalue weighted by Crippen LogP contribution is 2.24. The van der Waals surface area contributed by atoms with Gasteiger partial charge in [0, 0.05) is 12.1 Å². The monoisotopic (exact) mass is 262 g/mol. The predicted octanol–water partition coefficient (Wildman–Crippen LogP) is 4.27. The number of hydrogen-bond acceptors (Lipinski definition) is 1. The largest absolute Gasteiger partial charge is 0.253 e. The lowest BCUT2D eigenvalue weighted by molar-refractivity contribution is 0.553. The van der Waals surface area contributed by atoms with Crippen LogP contribution in [0.1, 0.15) is 44.9 Å². The first-order chi connectivity index (χ1) is 7.60. The number of aryl methyl sites for hydroxylation is 1. The summed E-state index contributed by atoms with van der Waals surface area (Å²) >= 11 is 12.2. The smallest absolute Gasteiger partial charge is 0.131 e. The Morgan fingerprint density at radius 1 is 1.38 bits per heavy atom. The number of rotatable bonds is 6. The quantitative estimate of drug-likeness (QED) is 0.701. The summed E-state index contributed by atoms with van der Waals surface area (Å²) in [4.78, 5) is 0. The zero-order valence-electron chi connectivity index (χ0n) is 10.3. The maximum absolute atomic E-state index is 6.26. The fourth-order valence-electron chi connectivity index (χ4n) is 1.66. The second kappa shape index (κ2) is 6.51. The summed E-state index contributed by atoms with van der Waals surface area (Å²) in [6, 6.07) is 0. The van der Waals surface area contributed by atoms with E-state index in [0.717, 1.165) is 42.2 Å². The Hall–Kier alpha value is -0.210. The summed E-state index contributed by atoms with van der Waals surface area (Å²) in [5.41, 5.74) is 2.07. The third-order valence-electron chi connectivity index (χ3n) is 2.52. The molecule has 0 unspecified atom stereocenters. The molecule has 0 spiro atoms. The molecule has 0 radical (unpaired) electrons. The van der Waals surface area contributed by atoms with Gasteiger partial charge in [-0.3, -0.25) is 4.68 Å². The molecule has 0 saturated heterocycles. The lowest BCUT2D eigenvalue weighted by atomic mass is 10.1. The van der Waals surface area contributed by atoms with Gasteiger partial charge in [0.1, 0.15) is 5.15 Å². The van der Waals surface area contributed by atoms with Crippen LogP contribution in [0.15, 0.2) is 0 Å². The van der Waals surface area contributed by atoms with Crippen LogP contribution < -0.4 is 0 Å². The van der Waals surface area contributed by atoms with Crippen molar-refractivity contribution in [2.45, 2.75) is 52.5 Å². The standard InChI is InChI=1S/C12H20Cl2N2/c1-4-5-6-16-12(14)10(8-13)11(15-16)7-9(2)3/h9H,4-8H2,1-3H3. The Morgan fingerprint density at radius 3 is 2.56 bits per heavy atom. The number of halogens is 2. The van der Waals surface area contributed by atoms with Gasteiger partial charge < -0.3 is 0 Å². The average molecular weight is 263 g/mol. The Morgan fingerprint density at radius 2 is 2.06 bits per heavy atom. The number of aromatic nitrogens is 2. The summed E-state index contributed by atoms with van der Waals surface area (Å²) < 4.78 is 1.89. The molecule has 0 saturated carbocycles. The minimum Gasteiger partial charge on any atom is -0.253 e. The van der Waals surface area contributed by atoms with Crippen LogP contribution in [0.3, 0.4) is 0 Å². The summed E-state index contributed by atoms with van der Waals surface area (Å²) in [7, 11) is 0. The van der Waals surface area contributed by atoms with E-state index in [4.69, 9.17) is 23.2 Å². The highest BCUT2D eigenvalue weighted by Gasteiger charge is 2.15. The molecule has 0 atom stereocenters.